The first kappa shape index (κ1) is 10.2. The minimum atomic E-state index is -0.305. The number of amides is 2. The van der Waals surface area contributed by atoms with Crippen molar-refractivity contribution in [2.45, 2.75) is 0 Å². The largest absolute Gasteiger partial charge is 0.353 e. The maximum atomic E-state index is 11.2. The lowest BCUT2D eigenvalue weighted by Crippen LogP contribution is -2.51. The van der Waals surface area contributed by atoms with Crippen molar-refractivity contribution in [1.82, 2.24) is 5.32 Å². The Labute approximate surface area is 92.3 Å². The van der Waals surface area contributed by atoms with Crippen LogP contribution < -0.4 is 10.2 Å². The molecule has 1 aliphatic rings. The molecular weight excluding hydrogens is 206 g/mol. The number of nitrogens with one attached hydrogen (secondary N) is 1. The Hall–Kier alpha value is -2.35. The van der Waals surface area contributed by atoms with E-state index in [0.717, 1.165) is 5.69 Å². The molecule has 5 nitrogen and oxygen atoms in total. The van der Waals surface area contributed by atoms with Gasteiger partial charge in [0, 0.05) is 5.69 Å². The molecule has 0 unspecified atom stereocenters. The van der Waals surface area contributed by atoms with E-state index >= 15 is 0 Å². The SMILES string of the molecule is N#Cc1ccc(N2CC(=O)NC(=O)C2)cc1. The van der Waals surface area contributed by atoms with E-state index in [1.54, 1.807) is 29.2 Å². The predicted molar refractivity (Wildman–Crippen MR) is 56.5 cm³/mol. The molecule has 0 saturated carbocycles. The maximum absolute atomic E-state index is 11.2. The summed E-state index contributed by atoms with van der Waals surface area (Å²) in [5.74, 6) is -0.610. The highest BCUT2D eigenvalue weighted by atomic mass is 16.2. The molecule has 80 valence electrons. The smallest absolute Gasteiger partial charge is 0.246 e. The van der Waals surface area contributed by atoms with E-state index in [4.69, 9.17) is 5.26 Å². The highest BCUT2D eigenvalue weighted by Gasteiger charge is 2.22. The molecule has 1 saturated heterocycles. The molecule has 5 heteroatoms. The van der Waals surface area contributed by atoms with Crippen LogP contribution in [0.1, 0.15) is 5.56 Å². The Morgan fingerprint density at radius 1 is 1.12 bits per heavy atom. The van der Waals surface area contributed by atoms with Crippen LogP contribution in [-0.2, 0) is 9.59 Å². The Morgan fingerprint density at radius 2 is 1.69 bits per heavy atom. The quantitative estimate of drug-likeness (QED) is 0.670. The van der Waals surface area contributed by atoms with E-state index in [2.05, 4.69) is 5.32 Å². The van der Waals surface area contributed by atoms with Gasteiger partial charge in [0.1, 0.15) is 0 Å². The van der Waals surface area contributed by atoms with Gasteiger partial charge in [-0.3, -0.25) is 14.9 Å². The lowest BCUT2D eigenvalue weighted by Gasteiger charge is -2.27. The maximum Gasteiger partial charge on any atom is 0.246 e. The van der Waals surface area contributed by atoms with Crippen LogP contribution in [0.2, 0.25) is 0 Å². The van der Waals surface area contributed by atoms with Gasteiger partial charge in [-0.1, -0.05) is 0 Å². The van der Waals surface area contributed by atoms with Gasteiger partial charge in [-0.05, 0) is 24.3 Å². The number of anilines is 1. The third-order valence-corrected chi connectivity index (χ3v) is 2.31. The Bertz CT molecular complexity index is 457. The summed E-state index contributed by atoms with van der Waals surface area (Å²) in [6, 6.07) is 8.78. The van der Waals surface area contributed by atoms with Gasteiger partial charge < -0.3 is 4.90 Å². The van der Waals surface area contributed by atoms with Gasteiger partial charge >= 0.3 is 0 Å². The molecule has 1 fully saturated rings. The lowest BCUT2D eigenvalue weighted by atomic mass is 10.2. The summed E-state index contributed by atoms with van der Waals surface area (Å²) in [7, 11) is 0. The number of benzene rings is 1. The molecule has 1 aliphatic heterocycles. The number of imide groups is 1. The van der Waals surface area contributed by atoms with Crippen LogP contribution in [0.5, 0.6) is 0 Å². The van der Waals surface area contributed by atoms with E-state index < -0.39 is 0 Å². The highest BCUT2D eigenvalue weighted by Crippen LogP contribution is 2.15. The molecule has 1 heterocycles. The molecule has 0 bridgehead atoms. The minimum absolute atomic E-state index is 0.164. The van der Waals surface area contributed by atoms with Crippen molar-refractivity contribution >= 4 is 17.5 Å². The van der Waals surface area contributed by atoms with Crippen molar-refractivity contribution in [3.05, 3.63) is 29.8 Å². The van der Waals surface area contributed by atoms with Crippen LogP contribution in [0.3, 0.4) is 0 Å². The van der Waals surface area contributed by atoms with E-state index in [1.165, 1.54) is 0 Å². The highest BCUT2D eigenvalue weighted by molar-refractivity contribution is 6.02. The molecule has 0 radical (unpaired) electrons. The summed E-state index contributed by atoms with van der Waals surface area (Å²) in [6.45, 7) is 0.329. The molecule has 0 aliphatic carbocycles. The molecule has 2 amide bonds. The van der Waals surface area contributed by atoms with Crippen molar-refractivity contribution < 1.29 is 9.59 Å². The number of hydrogen-bond donors (Lipinski definition) is 1. The summed E-state index contributed by atoms with van der Waals surface area (Å²) in [5.41, 5.74) is 1.32. The van der Waals surface area contributed by atoms with Crippen molar-refractivity contribution in [3.63, 3.8) is 0 Å². The number of piperazine rings is 1. The lowest BCUT2D eigenvalue weighted by molar-refractivity contribution is -0.130. The van der Waals surface area contributed by atoms with Crippen LogP contribution >= 0.6 is 0 Å². The van der Waals surface area contributed by atoms with Gasteiger partial charge in [0.25, 0.3) is 0 Å². The normalized spacial score (nSPS) is 15.6. The zero-order chi connectivity index (χ0) is 11.5. The number of carbonyl (C=O) groups is 2. The predicted octanol–water partition coefficient (Wildman–Crippen LogP) is 0.0211. The van der Waals surface area contributed by atoms with Gasteiger partial charge in [-0.25, -0.2) is 0 Å². The standard InChI is InChI=1S/C11H9N3O2/c12-5-8-1-3-9(4-2-8)14-6-10(15)13-11(16)7-14/h1-4H,6-7H2,(H,13,15,16). The molecule has 1 aromatic rings. The zero-order valence-electron chi connectivity index (χ0n) is 8.43. The first-order valence-electron chi connectivity index (χ1n) is 4.77. The molecule has 0 spiro atoms. The van der Waals surface area contributed by atoms with Crippen LogP contribution in [-0.4, -0.2) is 24.9 Å². The third-order valence-electron chi connectivity index (χ3n) is 2.31. The fourth-order valence-corrected chi connectivity index (χ4v) is 1.57. The van der Waals surface area contributed by atoms with Crippen molar-refractivity contribution in [1.29, 1.82) is 5.26 Å². The van der Waals surface area contributed by atoms with Crippen LogP contribution in [0.25, 0.3) is 0 Å². The topological polar surface area (TPSA) is 73.2 Å². The third kappa shape index (κ3) is 2.01. The molecular formula is C11H9N3O2. The summed E-state index contributed by atoms with van der Waals surface area (Å²) in [5, 5.41) is 10.9. The number of carbonyl (C=O) groups excluding carboxylic acids is 2. The molecule has 0 atom stereocenters. The monoisotopic (exact) mass is 215 g/mol. The fraction of sp³-hybridized carbons (Fsp3) is 0.182. The number of rotatable bonds is 1. The summed E-state index contributed by atoms with van der Waals surface area (Å²) < 4.78 is 0. The molecule has 16 heavy (non-hydrogen) atoms. The van der Waals surface area contributed by atoms with Gasteiger partial charge in [0.15, 0.2) is 0 Å². The molecule has 1 aromatic carbocycles. The number of hydrogen-bond acceptors (Lipinski definition) is 4. The van der Waals surface area contributed by atoms with Crippen molar-refractivity contribution in [2.75, 3.05) is 18.0 Å². The Kier molecular flexibility index (Phi) is 2.56. The number of nitriles is 1. The van der Waals surface area contributed by atoms with Gasteiger partial charge in [-0.2, -0.15) is 5.26 Å². The Morgan fingerprint density at radius 3 is 2.19 bits per heavy atom. The average Bonchev–Trinajstić information content (AvgIpc) is 2.28. The van der Waals surface area contributed by atoms with Crippen LogP contribution in [0, 0.1) is 11.3 Å². The van der Waals surface area contributed by atoms with E-state index in [9.17, 15) is 9.59 Å². The first-order chi connectivity index (χ1) is 7.69. The van der Waals surface area contributed by atoms with Crippen molar-refractivity contribution in [2.24, 2.45) is 0 Å². The summed E-state index contributed by atoms with van der Waals surface area (Å²) in [4.78, 5) is 24.0. The van der Waals surface area contributed by atoms with Gasteiger partial charge in [0.2, 0.25) is 11.8 Å². The van der Waals surface area contributed by atoms with E-state index in [-0.39, 0.29) is 24.9 Å². The molecule has 2 rings (SSSR count). The molecule has 1 N–H and O–H groups in total. The average molecular weight is 215 g/mol. The second-order valence-corrected chi connectivity index (χ2v) is 3.49. The van der Waals surface area contributed by atoms with Gasteiger partial charge in [-0.15, -0.1) is 0 Å². The first-order valence-corrected chi connectivity index (χ1v) is 4.77. The molecule has 0 aromatic heterocycles. The second-order valence-electron chi connectivity index (χ2n) is 3.49. The Balaban J connectivity index is 2.20. The van der Waals surface area contributed by atoms with Crippen LogP contribution in [0.15, 0.2) is 24.3 Å². The summed E-state index contributed by atoms with van der Waals surface area (Å²) in [6.07, 6.45) is 0. The second kappa shape index (κ2) is 4.03. The van der Waals surface area contributed by atoms with Crippen LogP contribution in [0.4, 0.5) is 5.69 Å². The van der Waals surface area contributed by atoms with E-state index in [0.29, 0.717) is 5.56 Å². The minimum Gasteiger partial charge on any atom is -0.353 e. The zero-order valence-corrected chi connectivity index (χ0v) is 8.43. The van der Waals surface area contributed by atoms with Gasteiger partial charge in [0.05, 0.1) is 24.7 Å². The van der Waals surface area contributed by atoms with E-state index in [1.807, 2.05) is 6.07 Å². The number of nitrogens with zero attached hydrogens (tertiary/aromatic N) is 2. The summed E-state index contributed by atoms with van der Waals surface area (Å²) >= 11 is 0. The van der Waals surface area contributed by atoms with Crippen molar-refractivity contribution in [3.8, 4) is 6.07 Å². The fourth-order valence-electron chi connectivity index (χ4n) is 1.57.